The van der Waals surface area contributed by atoms with Crippen molar-refractivity contribution in [1.82, 2.24) is 14.8 Å². The number of hydrogen-bond acceptors (Lipinski definition) is 4. The van der Waals surface area contributed by atoms with E-state index in [2.05, 4.69) is 23.9 Å². The molecule has 2 rings (SSSR count). The van der Waals surface area contributed by atoms with Crippen molar-refractivity contribution in [3.63, 3.8) is 0 Å². The van der Waals surface area contributed by atoms with Gasteiger partial charge in [-0.2, -0.15) is 5.10 Å². The Balaban J connectivity index is 2.03. The third kappa shape index (κ3) is 3.82. The molecule has 0 radical (unpaired) electrons. The van der Waals surface area contributed by atoms with E-state index in [0.717, 1.165) is 24.2 Å². The Bertz CT molecular complexity index is 577. The lowest BCUT2D eigenvalue weighted by Gasteiger charge is -2.12. The zero-order valence-corrected chi connectivity index (χ0v) is 12.9. The summed E-state index contributed by atoms with van der Waals surface area (Å²) in [5.74, 6) is 0.611. The second kappa shape index (κ2) is 7.22. The quantitative estimate of drug-likeness (QED) is 0.851. The molecular weight excluding hydrogens is 266 g/mol. The van der Waals surface area contributed by atoms with Crippen LogP contribution in [0.1, 0.15) is 49.8 Å². The lowest BCUT2D eigenvalue weighted by Crippen LogP contribution is -2.08. The maximum atomic E-state index is 9.32. The molecular formula is C16H23N3O2. The molecule has 114 valence electrons. The molecule has 5 nitrogen and oxygen atoms in total. The Morgan fingerprint density at radius 1 is 1.24 bits per heavy atom. The van der Waals surface area contributed by atoms with E-state index in [1.54, 1.807) is 0 Å². The standard InChI is InChI=1S/C16H23N3O2/c1-4-14(5-2)19-9-8-13(18-19)11-21-16-7-6-12(3)17-15(16)10-20/h6-9,14,20H,4-5,10-11H2,1-3H3. The number of pyridine rings is 1. The third-order valence-corrected chi connectivity index (χ3v) is 3.58. The van der Waals surface area contributed by atoms with Gasteiger partial charge in [0.05, 0.1) is 18.3 Å². The first-order valence-electron chi connectivity index (χ1n) is 7.42. The Labute approximate surface area is 125 Å². The van der Waals surface area contributed by atoms with E-state index in [9.17, 15) is 5.11 Å². The summed E-state index contributed by atoms with van der Waals surface area (Å²) in [6.07, 6.45) is 4.13. The minimum absolute atomic E-state index is 0.126. The molecule has 21 heavy (non-hydrogen) atoms. The van der Waals surface area contributed by atoms with Crippen molar-refractivity contribution >= 4 is 0 Å². The van der Waals surface area contributed by atoms with Crippen LogP contribution in [-0.4, -0.2) is 19.9 Å². The van der Waals surface area contributed by atoms with Gasteiger partial charge in [0.2, 0.25) is 0 Å². The smallest absolute Gasteiger partial charge is 0.143 e. The van der Waals surface area contributed by atoms with Gasteiger partial charge in [-0.3, -0.25) is 9.67 Å². The average molecular weight is 289 g/mol. The molecule has 0 amide bonds. The number of rotatable bonds is 7. The molecule has 2 aromatic heterocycles. The van der Waals surface area contributed by atoms with Crippen molar-refractivity contribution in [1.29, 1.82) is 0 Å². The van der Waals surface area contributed by atoms with Crippen LogP contribution < -0.4 is 4.74 Å². The van der Waals surface area contributed by atoms with Gasteiger partial charge >= 0.3 is 0 Å². The first-order chi connectivity index (χ1) is 10.2. The first-order valence-corrected chi connectivity index (χ1v) is 7.42. The number of nitrogens with zero attached hydrogens (tertiary/aromatic N) is 3. The summed E-state index contributed by atoms with van der Waals surface area (Å²) in [5.41, 5.74) is 2.31. The second-order valence-electron chi connectivity index (χ2n) is 5.10. The second-order valence-corrected chi connectivity index (χ2v) is 5.10. The van der Waals surface area contributed by atoms with Gasteiger partial charge in [-0.15, -0.1) is 0 Å². The zero-order valence-electron chi connectivity index (χ0n) is 12.9. The van der Waals surface area contributed by atoms with Crippen LogP contribution in [0.4, 0.5) is 0 Å². The van der Waals surface area contributed by atoms with Crippen LogP contribution in [0, 0.1) is 6.92 Å². The molecule has 0 aliphatic carbocycles. The van der Waals surface area contributed by atoms with Crippen LogP contribution in [0.2, 0.25) is 0 Å². The highest BCUT2D eigenvalue weighted by molar-refractivity contribution is 5.28. The Morgan fingerprint density at radius 3 is 2.67 bits per heavy atom. The Morgan fingerprint density at radius 2 is 2.00 bits per heavy atom. The van der Waals surface area contributed by atoms with Gasteiger partial charge in [-0.05, 0) is 38.0 Å². The van der Waals surface area contributed by atoms with Crippen molar-refractivity contribution < 1.29 is 9.84 Å². The van der Waals surface area contributed by atoms with Gasteiger partial charge in [-0.25, -0.2) is 0 Å². The molecule has 0 aliphatic heterocycles. The van der Waals surface area contributed by atoms with Crippen LogP contribution in [0.5, 0.6) is 5.75 Å². The predicted octanol–water partition coefficient (Wildman–Crippen LogP) is 3.02. The average Bonchev–Trinajstić information content (AvgIpc) is 2.96. The Hall–Kier alpha value is -1.88. The predicted molar refractivity (Wildman–Crippen MR) is 81.1 cm³/mol. The monoisotopic (exact) mass is 289 g/mol. The highest BCUT2D eigenvalue weighted by Gasteiger charge is 2.09. The van der Waals surface area contributed by atoms with Gasteiger partial charge in [0.15, 0.2) is 0 Å². The van der Waals surface area contributed by atoms with E-state index < -0.39 is 0 Å². The normalized spacial score (nSPS) is 11.1. The van der Waals surface area contributed by atoms with Gasteiger partial charge in [0.1, 0.15) is 18.1 Å². The van der Waals surface area contributed by atoms with Gasteiger partial charge in [-0.1, -0.05) is 13.8 Å². The molecule has 2 aromatic rings. The molecule has 0 aromatic carbocycles. The van der Waals surface area contributed by atoms with E-state index in [-0.39, 0.29) is 6.61 Å². The largest absolute Gasteiger partial charge is 0.485 e. The minimum Gasteiger partial charge on any atom is -0.485 e. The fourth-order valence-electron chi connectivity index (χ4n) is 2.31. The van der Waals surface area contributed by atoms with Crippen molar-refractivity contribution in [2.75, 3.05) is 0 Å². The first kappa shape index (κ1) is 15.5. The molecule has 0 bridgehead atoms. The van der Waals surface area contributed by atoms with Crippen LogP contribution in [0.15, 0.2) is 24.4 Å². The molecule has 5 heteroatoms. The van der Waals surface area contributed by atoms with E-state index >= 15 is 0 Å². The van der Waals surface area contributed by atoms with Crippen LogP contribution >= 0.6 is 0 Å². The van der Waals surface area contributed by atoms with E-state index in [1.165, 1.54) is 0 Å². The number of ether oxygens (including phenoxy) is 1. The van der Waals surface area contributed by atoms with E-state index in [0.29, 0.717) is 24.1 Å². The molecule has 0 atom stereocenters. The summed E-state index contributed by atoms with van der Waals surface area (Å²) in [7, 11) is 0. The molecule has 0 aliphatic rings. The molecule has 0 saturated carbocycles. The fourth-order valence-corrected chi connectivity index (χ4v) is 2.31. The molecule has 0 spiro atoms. The molecule has 1 N–H and O–H groups in total. The number of aliphatic hydroxyl groups excluding tert-OH is 1. The third-order valence-electron chi connectivity index (χ3n) is 3.58. The fraction of sp³-hybridized carbons (Fsp3) is 0.500. The van der Waals surface area contributed by atoms with E-state index in [1.807, 2.05) is 36.0 Å². The molecule has 2 heterocycles. The van der Waals surface area contributed by atoms with Crippen LogP contribution in [0.3, 0.4) is 0 Å². The van der Waals surface area contributed by atoms with Gasteiger partial charge in [0, 0.05) is 11.9 Å². The lowest BCUT2D eigenvalue weighted by atomic mass is 10.2. The molecule has 0 saturated heterocycles. The summed E-state index contributed by atoms with van der Waals surface area (Å²) in [5, 5.41) is 13.9. The summed E-state index contributed by atoms with van der Waals surface area (Å²) >= 11 is 0. The number of aliphatic hydroxyl groups is 1. The van der Waals surface area contributed by atoms with Crippen molar-refractivity contribution in [2.45, 2.75) is 52.9 Å². The maximum absolute atomic E-state index is 9.32. The van der Waals surface area contributed by atoms with Crippen molar-refractivity contribution in [3.8, 4) is 5.75 Å². The van der Waals surface area contributed by atoms with Crippen molar-refractivity contribution in [2.24, 2.45) is 0 Å². The van der Waals surface area contributed by atoms with Crippen LogP contribution in [0.25, 0.3) is 0 Å². The molecule has 0 unspecified atom stereocenters. The highest BCUT2D eigenvalue weighted by atomic mass is 16.5. The van der Waals surface area contributed by atoms with Crippen LogP contribution in [-0.2, 0) is 13.2 Å². The number of hydrogen-bond donors (Lipinski definition) is 1. The Kier molecular flexibility index (Phi) is 5.33. The summed E-state index contributed by atoms with van der Waals surface area (Å²) in [4.78, 5) is 4.26. The summed E-state index contributed by atoms with van der Waals surface area (Å²) in [6, 6.07) is 6.12. The molecule has 0 fully saturated rings. The lowest BCUT2D eigenvalue weighted by molar-refractivity contribution is 0.251. The minimum atomic E-state index is -0.126. The van der Waals surface area contributed by atoms with E-state index in [4.69, 9.17) is 4.74 Å². The van der Waals surface area contributed by atoms with Gasteiger partial charge < -0.3 is 9.84 Å². The highest BCUT2D eigenvalue weighted by Crippen LogP contribution is 2.19. The number of aryl methyl sites for hydroxylation is 1. The summed E-state index contributed by atoms with van der Waals surface area (Å²) in [6.45, 7) is 6.47. The SMILES string of the molecule is CCC(CC)n1ccc(COc2ccc(C)nc2CO)n1. The topological polar surface area (TPSA) is 60.2 Å². The van der Waals surface area contributed by atoms with Gasteiger partial charge in [0.25, 0.3) is 0 Å². The zero-order chi connectivity index (χ0) is 15.2. The maximum Gasteiger partial charge on any atom is 0.143 e. The van der Waals surface area contributed by atoms with Crippen molar-refractivity contribution in [3.05, 3.63) is 41.5 Å². The summed E-state index contributed by atoms with van der Waals surface area (Å²) < 4.78 is 7.73. The number of aromatic nitrogens is 3.